The minimum absolute atomic E-state index is 0.0674. The van der Waals surface area contributed by atoms with Gasteiger partial charge >= 0.3 is 0 Å². The van der Waals surface area contributed by atoms with E-state index in [1.165, 1.54) is 0 Å². The third kappa shape index (κ3) is 3.39. The Bertz CT molecular complexity index is 703. The Morgan fingerprint density at radius 3 is 2.86 bits per heavy atom. The molecule has 0 bridgehead atoms. The van der Waals surface area contributed by atoms with Crippen LogP contribution in [0, 0.1) is 0 Å². The molecule has 0 saturated carbocycles. The van der Waals surface area contributed by atoms with Gasteiger partial charge in [0.05, 0.1) is 0 Å². The summed E-state index contributed by atoms with van der Waals surface area (Å²) in [5.74, 6) is 0.849. The average Bonchev–Trinajstić information content (AvgIpc) is 2.46. The Kier molecular flexibility index (Phi) is 4.17. The van der Waals surface area contributed by atoms with Gasteiger partial charge in [-0.05, 0) is 42.3 Å². The molecule has 5 heteroatoms. The van der Waals surface area contributed by atoms with Gasteiger partial charge in [-0.15, -0.1) is 0 Å². The fourth-order valence-corrected chi connectivity index (χ4v) is 2.98. The van der Waals surface area contributed by atoms with Gasteiger partial charge < -0.3 is 10.1 Å². The highest BCUT2D eigenvalue weighted by atomic mass is 79.9. The number of nitrogens with one attached hydrogen (secondary N) is 1. The van der Waals surface area contributed by atoms with Crippen LogP contribution in [0.3, 0.4) is 0 Å². The molecule has 1 heterocycles. The largest absolute Gasteiger partial charge is 0.489 e. The fraction of sp³-hybridized carbons (Fsp3) is 0.188. The van der Waals surface area contributed by atoms with E-state index in [9.17, 15) is 4.79 Å². The number of anilines is 1. The standard InChI is InChI=1S/C16H13BrClNO2/c17-12-3-1-11(14(18)8-12)9-21-13-4-5-15-10(7-13)2-6-16(20)19-15/h1,3-5,7-8H,2,6,9H2,(H,19,20). The lowest BCUT2D eigenvalue weighted by molar-refractivity contribution is -0.116. The number of hydrogen-bond acceptors (Lipinski definition) is 2. The van der Waals surface area contributed by atoms with Crippen LogP contribution >= 0.6 is 27.5 Å². The van der Waals surface area contributed by atoms with Crippen molar-refractivity contribution in [2.75, 3.05) is 5.32 Å². The normalized spacial score (nSPS) is 13.5. The maximum absolute atomic E-state index is 11.3. The molecule has 0 aliphatic carbocycles. The van der Waals surface area contributed by atoms with Crippen molar-refractivity contribution in [3.05, 3.63) is 57.0 Å². The minimum Gasteiger partial charge on any atom is -0.489 e. The molecule has 0 radical (unpaired) electrons. The molecule has 3 nitrogen and oxygen atoms in total. The van der Waals surface area contributed by atoms with Crippen molar-refractivity contribution in [1.82, 2.24) is 0 Å². The highest BCUT2D eigenvalue weighted by molar-refractivity contribution is 9.10. The Morgan fingerprint density at radius 2 is 2.05 bits per heavy atom. The molecule has 1 N–H and O–H groups in total. The van der Waals surface area contributed by atoms with Crippen LogP contribution in [-0.4, -0.2) is 5.91 Å². The number of ether oxygens (including phenoxy) is 1. The topological polar surface area (TPSA) is 38.3 Å². The Labute approximate surface area is 136 Å². The molecule has 1 aliphatic rings. The molecular weight excluding hydrogens is 354 g/mol. The van der Waals surface area contributed by atoms with Gasteiger partial charge in [0.25, 0.3) is 0 Å². The molecule has 108 valence electrons. The monoisotopic (exact) mass is 365 g/mol. The molecule has 2 aromatic rings. The fourth-order valence-electron chi connectivity index (χ4n) is 2.25. The first-order valence-corrected chi connectivity index (χ1v) is 7.78. The van der Waals surface area contributed by atoms with Crippen LogP contribution in [0.2, 0.25) is 5.02 Å². The second-order valence-electron chi connectivity index (χ2n) is 4.89. The van der Waals surface area contributed by atoms with E-state index in [0.29, 0.717) is 18.1 Å². The summed E-state index contributed by atoms with van der Waals surface area (Å²) < 4.78 is 6.74. The number of hydrogen-bond donors (Lipinski definition) is 1. The quantitative estimate of drug-likeness (QED) is 0.864. The van der Waals surface area contributed by atoms with Crippen molar-refractivity contribution >= 4 is 39.1 Å². The van der Waals surface area contributed by atoms with Crippen molar-refractivity contribution in [3.63, 3.8) is 0 Å². The van der Waals surface area contributed by atoms with Crippen molar-refractivity contribution in [3.8, 4) is 5.75 Å². The summed E-state index contributed by atoms with van der Waals surface area (Å²) in [5.41, 5.74) is 2.92. The van der Waals surface area contributed by atoms with Gasteiger partial charge in [-0.2, -0.15) is 0 Å². The molecule has 0 spiro atoms. The Hall–Kier alpha value is -1.52. The van der Waals surface area contributed by atoms with E-state index >= 15 is 0 Å². The maximum Gasteiger partial charge on any atom is 0.224 e. The van der Waals surface area contributed by atoms with Crippen LogP contribution in [0.15, 0.2) is 40.9 Å². The van der Waals surface area contributed by atoms with Gasteiger partial charge in [0, 0.05) is 27.2 Å². The third-order valence-electron chi connectivity index (χ3n) is 3.38. The summed E-state index contributed by atoms with van der Waals surface area (Å²) in [6, 6.07) is 11.4. The van der Waals surface area contributed by atoms with Gasteiger partial charge in [0.2, 0.25) is 5.91 Å². The van der Waals surface area contributed by atoms with E-state index in [1.54, 1.807) is 0 Å². The van der Waals surface area contributed by atoms with Gasteiger partial charge in [-0.1, -0.05) is 33.6 Å². The number of carbonyl (C=O) groups is 1. The molecule has 21 heavy (non-hydrogen) atoms. The number of rotatable bonds is 3. The van der Waals surface area contributed by atoms with Crippen LogP contribution in [0.1, 0.15) is 17.5 Å². The van der Waals surface area contributed by atoms with Crippen LogP contribution in [0.25, 0.3) is 0 Å². The summed E-state index contributed by atoms with van der Waals surface area (Å²) in [6.45, 7) is 0.414. The number of amides is 1. The van der Waals surface area contributed by atoms with E-state index < -0.39 is 0 Å². The van der Waals surface area contributed by atoms with Crippen molar-refractivity contribution in [1.29, 1.82) is 0 Å². The molecule has 0 saturated heterocycles. The van der Waals surface area contributed by atoms with E-state index in [2.05, 4.69) is 21.2 Å². The van der Waals surface area contributed by atoms with Crippen LogP contribution in [-0.2, 0) is 17.8 Å². The van der Waals surface area contributed by atoms with Crippen molar-refractivity contribution < 1.29 is 9.53 Å². The molecule has 0 fully saturated rings. The lowest BCUT2D eigenvalue weighted by Gasteiger charge is -2.17. The molecule has 1 amide bonds. The number of carbonyl (C=O) groups excluding carboxylic acids is 1. The third-order valence-corrected chi connectivity index (χ3v) is 4.23. The highest BCUT2D eigenvalue weighted by Gasteiger charge is 2.15. The number of aryl methyl sites for hydroxylation is 1. The molecule has 0 atom stereocenters. The molecular formula is C16H13BrClNO2. The molecule has 0 aromatic heterocycles. The first-order chi connectivity index (χ1) is 10.1. The van der Waals surface area contributed by atoms with Crippen LogP contribution < -0.4 is 10.1 Å². The zero-order valence-electron chi connectivity index (χ0n) is 11.2. The van der Waals surface area contributed by atoms with E-state index in [1.807, 2.05) is 36.4 Å². The van der Waals surface area contributed by atoms with Gasteiger partial charge in [0.15, 0.2) is 0 Å². The molecule has 3 rings (SSSR count). The summed E-state index contributed by atoms with van der Waals surface area (Å²) in [4.78, 5) is 11.3. The number of fused-ring (bicyclic) bond motifs is 1. The van der Waals surface area contributed by atoms with E-state index in [0.717, 1.165) is 33.5 Å². The summed E-state index contributed by atoms with van der Waals surface area (Å²) in [6.07, 6.45) is 1.27. The molecule has 2 aromatic carbocycles. The summed E-state index contributed by atoms with van der Waals surface area (Å²) >= 11 is 9.55. The highest BCUT2D eigenvalue weighted by Crippen LogP contribution is 2.28. The zero-order valence-corrected chi connectivity index (χ0v) is 13.5. The first kappa shape index (κ1) is 14.4. The predicted molar refractivity (Wildman–Crippen MR) is 86.9 cm³/mol. The van der Waals surface area contributed by atoms with Crippen molar-refractivity contribution in [2.45, 2.75) is 19.4 Å². The van der Waals surface area contributed by atoms with Gasteiger partial charge in [-0.25, -0.2) is 0 Å². The SMILES string of the molecule is O=C1CCc2cc(OCc3ccc(Br)cc3Cl)ccc2N1. The predicted octanol–water partition coefficient (Wildman–Crippen LogP) is 4.57. The smallest absolute Gasteiger partial charge is 0.224 e. The average molecular weight is 367 g/mol. The minimum atomic E-state index is 0.0674. The van der Waals surface area contributed by atoms with E-state index in [-0.39, 0.29) is 5.91 Å². The van der Waals surface area contributed by atoms with Crippen molar-refractivity contribution in [2.24, 2.45) is 0 Å². The lowest BCUT2D eigenvalue weighted by atomic mass is 10.0. The van der Waals surface area contributed by atoms with E-state index in [4.69, 9.17) is 16.3 Å². The Balaban J connectivity index is 1.72. The van der Waals surface area contributed by atoms with Gasteiger partial charge in [-0.3, -0.25) is 4.79 Å². The van der Waals surface area contributed by atoms with Crippen LogP contribution in [0.4, 0.5) is 5.69 Å². The second-order valence-corrected chi connectivity index (χ2v) is 6.21. The number of benzene rings is 2. The summed E-state index contributed by atoms with van der Waals surface area (Å²) in [5, 5.41) is 3.53. The number of halogens is 2. The second kappa shape index (κ2) is 6.08. The van der Waals surface area contributed by atoms with Crippen LogP contribution in [0.5, 0.6) is 5.75 Å². The molecule has 0 unspecified atom stereocenters. The van der Waals surface area contributed by atoms with Gasteiger partial charge in [0.1, 0.15) is 12.4 Å². The lowest BCUT2D eigenvalue weighted by Crippen LogP contribution is -2.18. The maximum atomic E-state index is 11.3. The zero-order chi connectivity index (χ0) is 14.8. The molecule has 1 aliphatic heterocycles. The summed E-state index contributed by atoms with van der Waals surface area (Å²) in [7, 11) is 0. The first-order valence-electron chi connectivity index (χ1n) is 6.61. The Morgan fingerprint density at radius 1 is 1.19 bits per heavy atom.